The number of hydrogen-bond acceptors (Lipinski definition) is 4. The zero-order valence-electron chi connectivity index (χ0n) is 8.45. The molecule has 0 radical (unpaired) electrons. The summed E-state index contributed by atoms with van der Waals surface area (Å²) in [6.45, 7) is 6.39. The van der Waals surface area contributed by atoms with Crippen LogP contribution in [-0.4, -0.2) is 9.59 Å². The lowest BCUT2D eigenvalue weighted by Crippen LogP contribution is -2.10. The summed E-state index contributed by atoms with van der Waals surface area (Å²) in [5.74, 6) is 0.427. The van der Waals surface area contributed by atoms with E-state index in [1.807, 2.05) is 0 Å². The summed E-state index contributed by atoms with van der Waals surface area (Å²) in [6, 6.07) is 0.127. The first kappa shape index (κ1) is 10.6. The van der Waals surface area contributed by atoms with Gasteiger partial charge in [0.1, 0.15) is 0 Å². The average molecular weight is 199 g/mol. The maximum absolute atomic E-state index is 6.02. The van der Waals surface area contributed by atoms with Crippen LogP contribution in [-0.2, 0) is 0 Å². The van der Waals surface area contributed by atoms with Crippen LogP contribution in [0.4, 0.5) is 0 Å². The average Bonchev–Trinajstić information content (AvgIpc) is 2.52. The van der Waals surface area contributed by atoms with E-state index in [0.29, 0.717) is 5.92 Å². The van der Waals surface area contributed by atoms with Crippen molar-refractivity contribution in [3.05, 3.63) is 10.6 Å². The minimum absolute atomic E-state index is 0.127. The highest BCUT2D eigenvalue weighted by Crippen LogP contribution is 2.26. The third kappa shape index (κ3) is 2.48. The van der Waals surface area contributed by atoms with E-state index in [1.54, 1.807) is 0 Å². The van der Waals surface area contributed by atoms with Gasteiger partial charge >= 0.3 is 0 Å². The van der Waals surface area contributed by atoms with E-state index in [-0.39, 0.29) is 6.04 Å². The summed E-state index contributed by atoms with van der Waals surface area (Å²) in [7, 11) is 0. The quantitative estimate of drug-likeness (QED) is 0.810. The van der Waals surface area contributed by atoms with Crippen LogP contribution in [0.5, 0.6) is 0 Å². The molecule has 1 atom stereocenters. The summed E-state index contributed by atoms with van der Waals surface area (Å²) in [4.78, 5) is 1.16. The molecule has 0 fully saturated rings. The number of aromatic nitrogens is 2. The molecule has 1 aromatic rings. The second kappa shape index (κ2) is 4.67. The summed E-state index contributed by atoms with van der Waals surface area (Å²) < 4.78 is 3.96. The van der Waals surface area contributed by atoms with Crippen molar-refractivity contribution in [2.75, 3.05) is 0 Å². The number of nitrogens with zero attached hydrogens (tertiary/aromatic N) is 2. The van der Waals surface area contributed by atoms with Crippen molar-refractivity contribution in [3.63, 3.8) is 0 Å². The van der Waals surface area contributed by atoms with Crippen LogP contribution in [0, 0.1) is 0 Å². The minimum Gasteiger partial charge on any atom is -0.323 e. The normalized spacial score (nSPS) is 13.6. The Morgan fingerprint density at radius 2 is 2.15 bits per heavy atom. The van der Waals surface area contributed by atoms with Crippen molar-refractivity contribution in [1.82, 2.24) is 9.59 Å². The molecule has 3 nitrogen and oxygen atoms in total. The van der Waals surface area contributed by atoms with E-state index in [0.717, 1.165) is 23.4 Å². The lowest BCUT2D eigenvalue weighted by molar-refractivity contribution is 0.633. The molecule has 0 aromatic carbocycles. The summed E-state index contributed by atoms with van der Waals surface area (Å²) in [5, 5.41) is 4.11. The molecule has 0 spiro atoms. The second-order valence-electron chi connectivity index (χ2n) is 3.57. The van der Waals surface area contributed by atoms with Gasteiger partial charge in [0, 0.05) is 6.04 Å². The number of hydrogen-bond donors (Lipinski definition) is 1. The number of rotatable bonds is 4. The molecule has 1 unspecified atom stereocenters. The fourth-order valence-electron chi connectivity index (χ4n) is 1.30. The van der Waals surface area contributed by atoms with E-state index in [4.69, 9.17) is 5.73 Å². The van der Waals surface area contributed by atoms with E-state index in [9.17, 15) is 0 Å². The third-order valence-corrected chi connectivity index (χ3v) is 2.90. The Labute approximate surface area is 83.5 Å². The van der Waals surface area contributed by atoms with E-state index < -0.39 is 0 Å². The van der Waals surface area contributed by atoms with Gasteiger partial charge in [-0.1, -0.05) is 31.7 Å². The van der Waals surface area contributed by atoms with Crippen LogP contribution >= 0.6 is 11.5 Å². The predicted molar refractivity (Wildman–Crippen MR) is 55.8 cm³/mol. The molecule has 13 heavy (non-hydrogen) atoms. The molecular weight excluding hydrogens is 182 g/mol. The van der Waals surface area contributed by atoms with Gasteiger partial charge in [0.2, 0.25) is 0 Å². The molecule has 0 amide bonds. The Morgan fingerprint density at radius 1 is 1.46 bits per heavy atom. The van der Waals surface area contributed by atoms with Gasteiger partial charge in [0.05, 0.1) is 10.6 Å². The summed E-state index contributed by atoms with van der Waals surface area (Å²) in [5.41, 5.74) is 7.09. The Morgan fingerprint density at radius 3 is 2.69 bits per heavy atom. The lowest BCUT2D eigenvalue weighted by Gasteiger charge is -2.10. The molecule has 0 aliphatic rings. The van der Waals surface area contributed by atoms with Crippen LogP contribution in [0.2, 0.25) is 0 Å². The molecule has 0 saturated carbocycles. The van der Waals surface area contributed by atoms with Crippen molar-refractivity contribution in [2.45, 2.75) is 45.6 Å². The molecule has 4 heteroatoms. The molecule has 2 N–H and O–H groups in total. The van der Waals surface area contributed by atoms with E-state index >= 15 is 0 Å². The molecule has 1 aromatic heterocycles. The second-order valence-corrected chi connectivity index (χ2v) is 4.36. The van der Waals surface area contributed by atoms with Crippen LogP contribution in [0.25, 0.3) is 0 Å². The Bertz CT molecular complexity index is 257. The van der Waals surface area contributed by atoms with Crippen LogP contribution in [0.3, 0.4) is 0 Å². The van der Waals surface area contributed by atoms with E-state index in [2.05, 4.69) is 30.4 Å². The van der Waals surface area contributed by atoms with Gasteiger partial charge in [-0.15, -0.1) is 5.10 Å². The SMILES string of the molecule is CCCC(N)c1snnc1C(C)C. The summed E-state index contributed by atoms with van der Waals surface area (Å²) in [6.07, 6.45) is 2.13. The smallest absolute Gasteiger partial charge is 0.0828 e. The predicted octanol–water partition coefficient (Wildman–Crippen LogP) is 2.46. The first-order valence-electron chi connectivity index (χ1n) is 4.74. The van der Waals surface area contributed by atoms with Crippen molar-refractivity contribution in [1.29, 1.82) is 0 Å². The van der Waals surface area contributed by atoms with Gasteiger partial charge in [0.25, 0.3) is 0 Å². The van der Waals surface area contributed by atoms with Gasteiger partial charge in [0.15, 0.2) is 0 Å². The van der Waals surface area contributed by atoms with Gasteiger partial charge < -0.3 is 5.73 Å². The highest BCUT2D eigenvalue weighted by atomic mass is 32.1. The molecule has 0 aliphatic carbocycles. The van der Waals surface area contributed by atoms with Crippen LogP contribution in [0.15, 0.2) is 0 Å². The first-order chi connectivity index (χ1) is 6.16. The lowest BCUT2D eigenvalue weighted by atomic mass is 10.0. The highest BCUT2D eigenvalue weighted by Gasteiger charge is 2.16. The topological polar surface area (TPSA) is 51.8 Å². The minimum atomic E-state index is 0.127. The zero-order valence-corrected chi connectivity index (χ0v) is 9.27. The zero-order chi connectivity index (χ0) is 9.84. The van der Waals surface area contributed by atoms with Gasteiger partial charge in [-0.3, -0.25) is 0 Å². The van der Waals surface area contributed by atoms with Crippen molar-refractivity contribution in [2.24, 2.45) is 5.73 Å². The number of nitrogens with two attached hydrogens (primary N) is 1. The third-order valence-electron chi connectivity index (χ3n) is 2.02. The highest BCUT2D eigenvalue weighted by molar-refractivity contribution is 7.05. The molecule has 0 aliphatic heterocycles. The van der Waals surface area contributed by atoms with Crippen LogP contribution in [0.1, 0.15) is 56.1 Å². The maximum atomic E-state index is 6.02. The van der Waals surface area contributed by atoms with Gasteiger partial charge in [-0.25, -0.2) is 0 Å². The van der Waals surface area contributed by atoms with Gasteiger partial charge in [-0.05, 0) is 23.9 Å². The largest absolute Gasteiger partial charge is 0.323 e. The Balaban J connectivity index is 2.80. The molecule has 1 heterocycles. The monoisotopic (exact) mass is 199 g/mol. The molecule has 1 rings (SSSR count). The van der Waals surface area contributed by atoms with Crippen molar-refractivity contribution in [3.8, 4) is 0 Å². The fourth-order valence-corrected chi connectivity index (χ4v) is 2.14. The Hall–Kier alpha value is -0.480. The maximum Gasteiger partial charge on any atom is 0.0828 e. The van der Waals surface area contributed by atoms with Crippen LogP contribution < -0.4 is 5.73 Å². The molecule has 0 bridgehead atoms. The van der Waals surface area contributed by atoms with Gasteiger partial charge in [-0.2, -0.15) is 0 Å². The van der Waals surface area contributed by atoms with E-state index in [1.165, 1.54) is 11.5 Å². The summed E-state index contributed by atoms with van der Waals surface area (Å²) >= 11 is 1.44. The Kier molecular flexibility index (Phi) is 3.81. The molecule has 0 saturated heterocycles. The molecule has 74 valence electrons. The van der Waals surface area contributed by atoms with Crippen molar-refractivity contribution < 1.29 is 0 Å². The molecular formula is C9H17N3S. The first-order valence-corrected chi connectivity index (χ1v) is 5.51. The fraction of sp³-hybridized carbons (Fsp3) is 0.778. The standard InChI is InChI=1S/C9H17N3S/c1-4-5-7(10)9-8(6(2)3)11-12-13-9/h6-7H,4-5,10H2,1-3H3. The van der Waals surface area contributed by atoms with Crippen molar-refractivity contribution >= 4 is 11.5 Å².